The molecule has 2 aromatic carbocycles. The zero-order valence-corrected chi connectivity index (χ0v) is 13.6. The van der Waals surface area contributed by atoms with Gasteiger partial charge in [0, 0.05) is 11.1 Å². The number of anilines is 2. The van der Waals surface area contributed by atoms with Crippen LogP contribution in [0.3, 0.4) is 0 Å². The Hall–Kier alpha value is -2.24. The molecular formula is C17H16ClFN4. The van der Waals surface area contributed by atoms with Crippen molar-refractivity contribution in [2.45, 2.75) is 6.54 Å². The van der Waals surface area contributed by atoms with Crippen molar-refractivity contribution in [3.63, 3.8) is 0 Å². The lowest BCUT2D eigenvalue weighted by Gasteiger charge is -2.13. The fourth-order valence-electron chi connectivity index (χ4n) is 2.28. The van der Waals surface area contributed by atoms with Crippen LogP contribution < -0.4 is 5.32 Å². The van der Waals surface area contributed by atoms with Gasteiger partial charge < -0.3 is 10.2 Å². The summed E-state index contributed by atoms with van der Waals surface area (Å²) in [5.74, 6) is 0.942. The Morgan fingerprint density at radius 2 is 1.91 bits per heavy atom. The molecule has 0 bridgehead atoms. The maximum absolute atomic E-state index is 13.3. The van der Waals surface area contributed by atoms with Crippen LogP contribution in [0.25, 0.3) is 10.9 Å². The van der Waals surface area contributed by atoms with E-state index in [9.17, 15) is 4.39 Å². The van der Waals surface area contributed by atoms with Crippen molar-refractivity contribution >= 4 is 34.0 Å². The van der Waals surface area contributed by atoms with E-state index in [1.807, 2.05) is 43.3 Å². The van der Waals surface area contributed by atoms with Crippen LogP contribution in [0.2, 0.25) is 5.02 Å². The van der Waals surface area contributed by atoms with Crippen molar-refractivity contribution in [1.29, 1.82) is 0 Å². The smallest absolute Gasteiger partial charge is 0.145 e. The fraction of sp³-hybridized carbons (Fsp3) is 0.176. The van der Waals surface area contributed by atoms with Crippen LogP contribution in [0.4, 0.5) is 15.9 Å². The zero-order valence-electron chi connectivity index (χ0n) is 12.8. The van der Waals surface area contributed by atoms with E-state index in [1.165, 1.54) is 6.07 Å². The molecule has 0 aliphatic carbocycles. The van der Waals surface area contributed by atoms with Gasteiger partial charge in [-0.2, -0.15) is 0 Å². The van der Waals surface area contributed by atoms with Crippen LogP contribution in [-0.2, 0) is 6.54 Å². The Morgan fingerprint density at radius 3 is 2.65 bits per heavy atom. The lowest BCUT2D eigenvalue weighted by Crippen LogP contribution is -2.14. The minimum absolute atomic E-state index is 0.0712. The highest BCUT2D eigenvalue weighted by molar-refractivity contribution is 6.31. The average Bonchev–Trinajstić information content (AvgIpc) is 2.50. The summed E-state index contributed by atoms with van der Waals surface area (Å²) in [6.45, 7) is 0.629. The number of fused-ring (bicyclic) bond motifs is 1. The number of para-hydroxylation sites is 1. The highest BCUT2D eigenvalue weighted by atomic mass is 35.5. The van der Waals surface area contributed by atoms with Gasteiger partial charge in [0.2, 0.25) is 0 Å². The number of hydrogen-bond acceptors (Lipinski definition) is 4. The van der Waals surface area contributed by atoms with Crippen molar-refractivity contribution in [2.24, 2.45) is 0 Å². The SMILES string of the molecule is CN(C)Cc1nc(Nc2ccc(F)c(Cl)c2)c2ccccc2n1. The molecule has 0 amide bonds. The van der Waals surface area contributed by atoms with E-state index in [1.54, 1.807) is 12.1 Å². The number of halogens is 2. The number of nitrogens with one attached hydrogen (secondary N) is 1. The monoisotopic (exact) mass is 330 g/mol. The first-order valence-corrected chi connectivity index (χ1v) is 7.53. The summed E-state index contributed by atoms with van der Waals surface area (Å²) < 4.78 is 13.3. The molecule has 0 spiro atoms. The molecule has 0 atom stereocenters. The minimum atomic E-state index is -0.446. The van der Waals surface area contributed by atoms with Crippen LogP contribution in [0.1, 0.15) is 5.82 Å². The van der Waals surface area contributed by atoms with Crippen molar-refractivity contribution in [3.05, 3.63) is 59.1 Å². The van der Waals surface area contributed by atoms with Gasteiger partial charge in [-0.3, -0.25) is 0 Å². The molecule has 1 heterocycles. The summed E-state index contributed by atoms with van der Waals surface area (Å²) in [7, 11) is 3.93. The maximum Gasteiger partial charge on any atom is 0.145 e. The normalized spacial score (nSPS) is 11.2. The molecule has 0 unspecified atom stereocenters. The average molecular weight is 331 g/mol. The number of aromatic nitrogens is 2. The predicted octanol–water partition coefficient (Wildman–Crippen LogP) is 4.23. The summed E-state index contributed by atoms with van der Waals surface area (Å²) in [6, 6.07) is 12.3. The highest BCUT2D eigenvalue weighted by Gasteiger charge is 2.09. The van der Waals surface area contributed by atoms with Crippen molar-refractivity contribution in [3.8, 4) is 0 Å². The van der Waals surface area contributed by atoms with Gasteiger partial charge in [0.05, 0.1) is 17.1 Å². The van der Waals surface area contributed by atoms with E-state index in [0.29, 0.717) is 23.9 Å². The molecule has 3 rings (SSSR count). The number of rotatable bonds is 4. The number of nitrogens with zero attached hydrogens (tertiary/aromatic N) is 3. The first kappa shape index (κ1) is 15.6. The van der Waals surface area contributed by atoms with Crippen LogP contribution in [0.15, 0.2) is 42.5 Å². The third-order valence-corrected chi connectivity index (χ3v) is 3.58. The molecule has 0 saturated carbocycles. The first-order valence-electron chi connectivity index (χ1n) is 7.15. The maximum atomic E-state index is 13.3. The molecular weight excluding hydrogens is 315 g/mol. The van der Waals surface area contributed by atoms with Gasteiger partial charge in [-0.25, -0.2) is 14.4 Å². The quantitative estimate of drug-likeness (QED) is 0.777. The fourth-order valence-corrected chi connectivity index (χ4v) is 2.46. The Kier molecular flexibility index (Phi) is 4.41. The summed E-state index contributed by atoms with van der Waals surface area (Å²) in [5.41, 5.74) is 1.53. The van der Waals surface area contributed by atoms with Crippen molar-refractivity contribution < 1.29 is 4.39 Å². The Bertz CT molecular complexity index is 851. The molecule has 6 heteroatoms. The topological polar surface area (TPSA) is 41.1 Å². The summed E-state index contributed by atoms with van der Waals surface area (Å²) >= 11 is 5.84. The van der Waals surface area contributed by atoms with E-state index in [-0.39, 0.29) is 5.02 Å². The standard InChI is InChI=1S/C17H16ClFN4/c1-23(2)10-16-21-15-6-4-3-5-12(15)17(22-16)20-11-7-8-14(19)13(18)9-11/h3-9H,10H2,1-2H3,(H,20,21,22). The molecule has 3 aromatic rings. The minimum Gasteiger partial charge on any atom is -0.340 e. The van der Waals surface area contributed by atoms with E-state index in [0.717, 1.165) is 10.9 Å². The van der Waals surface area contributed by atoms with Gasteiger partial charge >= 0.3 is 0 Å². The van der Waals surface area contributed by atoms with E-state index < -0.39 is 5.82 Å². The third kappa shape index (κ3) is 3.57. The molecule has 118 valence electrons. The lowest BCUT2D eigenvalue weighted by atomic mass is 10.2. The van der Waals surface area contributed by atoms with Crippen molar-refractivity contribution in [2.75, 3.05) is 19.4 Å². The Balaban J connectivity index is 2.05. The molecule has 1 aromatic heterocycles. The number of hydrogen-bond donors (Lipinski definition) is 1. The van der Waals surface area contributed by atoms with Crippen LogP contribution in [0.5, 0.6) is 0 Å². The first-order chi connectivity index (χ1) is 11.0. The second-order valence-corrected chi connectivity index (χ2v) is 5.90. The summed E-state index contributed by atoms with van der Waals surface area (Å²) in [5, 5.41) is 4.18. The number of benzene rings is 2. The molecule has 23 heavy (non-hydrogen) atoms. The molecule has 0 aliphatic rings. The zero-order chi connectivity index (χ0) is 16.4. The second kappa shape index (κ2) is 6.48. The van der Waals surface area contributed by atoms with Gasteiger partial charge in [-0.05, 0) is 44.4 Å². The van der Waals surface area contributed by atoms with Gasteiger partial charge in [0.25, 0.3) is 0 Å². The predicted molar refractivity (Wildman–Crippen MR) is 91.6 cm³/mol. The van der Waals surface area contributed by atoms with E-state index in [4.69, 9.17) is 11.6 Å². The largest absolute Gasteiger partial charge is 0.340 e. The third-order valence-electron chi connectivity index (χ3n) is 3.29. The van der Waals surface area contributed by atoms with Crippen LogP contribution in [-0.4, -0.2) is 29.0 Å². The summed E-state index contributed by atoms with van der Waals surface area (Å²) in [6.07, 6.45) is 0. The van der Waals surface area contributed by atoms with Crippen LogP contribution in [0, 0.1) is 5.82 Å². The molecule has 1 N–H and O–H groups in total. The van der Waals surface area contributed by atoms with E-state index in [2.05, 4.69) is 15.3 Å². The van der Waals surface area contributed by atoms with Gasteiger partial charge in [0.1, 0.15) is 17.5 Å². The van der Waals surface area contributed by atoms with Gasteiger partial charge in [-0.15, -0.1) is 0 Å². The Morgan fingerprint density at radius 1 is 1.13 bits per heavy atom. The lowest BCUT2D eigenvalue weighted by molar-refractivity contribution is 0.391. The summed E-state index contributed by atoms with van der Waals surface area (Å²) in [4.78, 5) is 11.2. The Labute approximate surface area is 138 Å². The molecule has 0 fully saturated rings. The second-order valence-electron chi connectivity index (χ2n) is 5.50. The van der Waals surface area contributed by atoms with Gasteiger partial charge in [0.15, 0.2) is 0 Å². The van der Waals surface area contributed by atoms with Crippen LogP contribution >= 0.6 is 11.6 Å². The molecule has 4 nitrogen and oxygen atoms in total. The molecule has 0 saturated heterocycles. The van der Waals surface area contributed by atoms with E-state index >= 15 is 0 Å². The van der Waals surface area contributed by atoms with Crippen molar-refractivity contribution in [1.82, 2.24) is 14.9 Å². The molecule has 0 radical (unpaired) electrons. The highest BCUT2D eigenvalue weighted by Crippen LogP contribution is 2.26. The molecule has 0 aliphatic heterocycles. The van der Waals surface area contributed by atoms with Gasteiger partial charge in [-0.1, -0.05) is 23.7 Å².